The van der Waals surface area contributed by atoms with Gasteiger partial charge in [0.15, 0.2) is 0 Å². The molecule has 0 aromatic rings. The predicted molar refractivity (Wildman–Crippen MR) is 48.8 cm³/mol. The van der Waals surface area contributed by atoms with Crippen molar-refractivity contribution < 1.29 is 4.79 Å². The smallest absolute Gasteiger partial charge is 0.236 e. The number of nitrogens with zero attached hydrogens (tertiary/aromatic N) is 1. The Balaban J connectivity index is 2.42. The van der Waals surface area contributed by atoms with Crippen molar-refractivity contribution in [3.63, 3.8) is 0 Å². The minimum atomic E-state index is 0.0845. The van der Waals surface area contributed by atoms with Crippen LogP contribution in [0.4, 0.5) is 0 Å². The molecule has 3 heteroatoms. The molecule has 1 aliphatic rings. The van der Waals surface area contributed by atoms with Gasteiger partial charge in [0.2, 0.25) is 5.91 Å². The highest BCUT2D eigenvalue weighted by molar-refractivity contribution is 9.10. The molecule has 0 N–H and O–H groups in total. The lowest BCUT2D eigenvalue weighted by atomic mass is 10.2. The van der Waals surface area contributed by atoms with Crippen molar-refractivity contribution in [3.8, 4) is 0 Å². The Labute approximate surface area is 76.1 Å². The topological polar surface area (TPSA) is 20.3 Å². The van der Waals surface area contributed by atoms with Gasteiger partial charge in [-0.15, -0.1) is 0 Å². The van der Waals surface area contributed by atoms with E-state index in [0.29, 0.717) is 5.92 Å². The summed E-state index contributed by atoms with van der Waals surface area (Å²) in [4.78, 5) is 13.3. The van der Waals surface area contributed by atoms with Crippen LogP contribution in [0, 0.1) is 5.92 Å². The first-order valence-electron chi connectivity index (χ1n) is 4.04. The van der Waals surface area contributed by atoms with Crippen LogP contribution in [0.5, 0.6) is 0 Å². The Bertz CT molecular complexity index is 158. The van der Waals surface area contributed by atoms with Gasteiger partial charge in [-0.05, 0) is 12.3 Å². The summed E-state index contributed by atoms with van der Waals surface area (Å²) in [7, 11) is 0. The van der Waals surface area contributed by atoms with Gasteiger partial charge in [0.25, 0.3) is 0 Å². The van der Waals surface area contributed by atoms with Crippen LogP contribution in [0.3, 0.4) is 0 Å². The summed E-state index contributed by atoms with van der Waals surface area (Å²) in [6, 6.07) is 0. The van der Waals surface area contributed by atoms with Crippen LogP contribution < -0.4 is 0 Å². The number of carbonyl (C=O) groups is 1. The Morgan fingerprint density at radius 2 is 2.36 bits per heavy atom. The second-order valence-corrected chi connectivity index (χ2v) is 4.54. The Morgan fingerprint density at radius 1 is 1.73 bits per heavy atom. The fourth-order valence-electron chi connectivity index (χ4n) is 1.32. The van der Waals surface area contributed by atoms with Gasteiger partial charge in [0, 0.05) is 13.1 Å². The first-order valence-corrected chi connectivity index (χ1v) is 4.95. The molecule has 1 aliphatic heterocycles. The zero-order valence-electron chi connectivity index (χ0n) is 7.01. The molecular formula is C8H14BrNO. The second-order valence-electron chi connectivity index (χ2n) is 3.43. The molecule has 0 spiro atoms. The van der Waals surface area contributed by atoms with Gasteiger partial charge in [-0.1, -0.05) is 29.8 Å². The highest BCUT2D eigenvalue weighted by Gasteiger charge is 2.29. The maximum absolute atomic E-state index is 11.3. The summed E-state index contributed by atoms with van der Waals surface area (Å²) >= 11 is 3.34. The van der Waals surface area contributed by atoms with E-state index < -0.39 is 0 Å². The summed E-state index contributed by atoms with van der Waals surface area (Å²) in [5.41, 5.74) is 0. The molecule has 0 aromatic carbocycles. The van der Waals surface area contributed by atoms with Crippen LogP contribution in [-0.2, 0) is 4.79 Å². The molecule has 0 saturated carbocycles. The number of rotatable bonds is 2. The van der Waals surface area contributed by atoms with E-state index >= 15 is 0 Å². The lowest BCUT2D eigenvalue weighted by Crippen LogP contribution is -2.30. The minimum absolute atomic E-state index is 0.0845. The van der Waals surface area contributed by atoms with Crippen LogP contribution in [0.1, 0.15) is 20.3 Å². The number of halogens is 1. The van der Waals surface area contributed by atoms with Gasteiger partial charge in [0.1, 0.15) is 0 Å². The summed E-state index contributed by atoms with van der Waals surface area (Å²) in [5.74, 6) is 0.843. The van der Waals surface area contributed by atoms with Crippen molar-refractivity contribution in [1.82, 2.24) is 4.90 Å². The molecule has 1 atom stereocenters. The molecule has 1 rings (SSSR count). The number of hydrogen-bond acceptors (Lipinski definition) is 1. The van der Waals surface area contributed by atoms with E-state index in [1.807, 2.05) is 4.90 Å². The van der Waals surface area contributed by atoms with E-state index in [1.54, 1.807) is 0 Å². The molecule has 0 aliphatic carbocycles. The van der Waals surface area contributed by atoms with Crippen LogP contribution in [0.25, 0.3) is 0 Å². The van der Waals surface area contributed by atoms with Crippen molar-refractivity contribution in [1.29, 1.82) is 0 Å². The summed E-state index contributed by atoms with van der Waals surface area (Å²) in [5, 5.41) is 0. The Hall–Kier alpha value is -0.0500. The van der Waals surface area contributed by atoms with Gasteiger partial charge in [-0.2, -0.15) is 0 Å². The minimum Gasteiger partial charge on any atom is -0.341 e. The third-order valence-corrected chi connectivity index (χ3v) is 2.67. The van der Waals surface area contributed by atoms with E-state index in [-0.39, 0.29) is 10.7 Å². The monoisotopic (exact) mass is 219 g/mol. The van der Waals surface area contributed by atoms with Crippen LogP contribution in [-0.4, -0.2) is 28.7 Å². The van der Waals surface area contributed by atoms with Gasteiger partial charge in [0.05, 0.1) is 4.83 Å². The van der Waals surface area contributed by atoms with E-state index in [4.69, 9.17) is 0 Å². The van der Waals surface area contributed by atoms with Gasteiger partial charge < -0.3 is 4.90 Å². The average Bonchev–Trinajstić information content (AvgIpc) is 2.18. The highest BCUT2D eigenvalue weighted by Crippen LogP contribution is 2.18. The van der Waals surface area contributed by atoms with Crippen molar-refractivity contribution in [2.75, 3.05) is 13.1 Å². The Morgan fingerprint density at radius 3 is 2.73 bits per heavy atom. The predicted octanol–water partition coefficient (Wildman–Crippen LogP) is 1.64. The molecule has 1 fully saturated rings. The lowest BCUT2D eigenvalue weighted by molar-refractivity contribution is -0.127. The molecule has 0 aromatic heterocycles. The van der Waals surface area contributed by atoms with Gasteiger partial charge in [-0.3, -0.25) is 4.79 Å². The second kappa shape index (κ2) is 3.57. The van der Waals surface area contributed by atoms with Crippen molar-refractivity contribution in [3.05, 3.63) is 0 Å². The van der Waals surface area contributed by atoms with Crippen LogP contribution >= 0.6 is 15.9 Å². The summed E-state index contributed by atoms with van der Waals surface area (Å²) in [6.45, 7) is 6.09. The van der Waals surface area contributed by atoms with Crippen molar-refractivity contribution >= 4 is 21.8 Å². The normalized spacial score (nSPS) is 25.3. The van der Waals surface area contributed by atoms with Crippen LogP contribution in [0.15, 0.2) is 0 Å². The molecule has 64 valence electrons. The van der Waals surface area contributed by atoms with Gasteiger partial charge >= 0.3 is 0 Å². The number of carbonyl (C=O) groups excluding carboxylic acids is 1. The third kappa shape index (κ3) is 2.19. The fraction of sp³-hybridized carbons (Fsp3) is 0.875. The molecular weight excluding hydrogens is 206 g/mol. The molecule has 0 radical (unpaired) electrons. The summed E-state index contributed by atoms with van der Waals surface area (Å²) < 4.78 is 0. The molecule has 1 unspecified atom stereocenters. The molecule has 2 nitrogen and oxygen atoms in total. The first-order chi connectivity index (χ1) is 5.11. The quantitative estimate of drug-likeness (QED) is 0.648. The molecule has 1 amide bonds. The lowest BCUT2D eigenvalue weighted by Gasteiger charge is -2.17. The van der Waals surface area contributed by atoms with E-state index in [9.17, 15) is 4.79 Å². The van der Waals surface area contributed by atoms with Crippen LogP contribution in [0.2, 0.25) is 0 Å². The average molecular weight is 220 g/mol. The van der Waals surface area contributed by atoms with Crippen molar-refractivity contribution in [2.45, 2.75) is 25.1 Å². The zero-order valence-corrected chi connectivity index (χ0v) is 8.60. The highest BCUT2D eigenvalue weighted by atomic mass is 79.9. The first kappa shape index (κ1) is 9.04. The van der Waals surface area contributed by atoms with Gasteiger partial charge in [-0.25, -0.2) is 0 Å². The SMILES string of the molecule is CC(C)CN1CCC(Br)C1=O. The maximum Gasteiger partial charge on any atom is 0.236 e. The Kier molecular flexibility index (Phi) is 2.93. The van der Waals surface area contributed by atoms with E-state index in [1.165, 1.54) is 0 Å². The number of hydrogen-bond donors (Lipinski definition) is 0. The molecule has 1 heterocycles. The number of amides is 1. The number of likely N-dealkylation sites (tertiary alicyclic amines) is 1. The van der Waals surface area contributed by atoms with Crippen molar-refractivity contribution in [2.24, 2.45) is 5.92 Å². The fourth-order valence-corrected chi connectivity index (χ4v) is 1.82. The van der Waals surface area contributed by atoms with E-state index in [2.05, 4.69) is 29.8 Å². The summed E-state index contributed by atoms with van der Waals surface area (Å²) in [6.07, 6.45) is 0.964. The molecule has 0 bridgehead atoms. The standard InChI is InChI=1S/C8H14BrNO/c1-6(2)5-10-4-3-7(9)8(10)11/h6-7H,3-5H2,1-2H3. The van der Waals surface area contributed by atoms with E-state index in [0.717, 1.165) is 19.5 Å². The maximum atomic E-state index is 11.3. The zero-order chi connectivity index (χ0) is 8.43. The molecule has 1 saturated heterocycles. The largest absolute Gasteiger partial charge is 0.341 e. The molecule has 11 heavy (non-hydrogen) atoms. The third-order valence-electron chi connectivity index (χ3n) is 1.82. The number of alkyl halides is 1.